The lowest BCUT2D eigenvalue weighted by molar-refractivity contribution is 0.0557. The second-order valence-electron chi connectivity index (χ2n) is 22.9. The molecule has 4 amide bonds. The summed E-state index contributed by atoms with van der Waals surface area (Å²) in [4.78, 5) is 63.8. The Morgan fingerprint density at radius 3 is 1.01 bits per heavy atom. The molecule has 2 atom stereocenters. The minimum atomic E-state index is -0.286. The van der Waals surface area contributed by atoms with Crippen molar-refractivity contribution < 1.29 is 19.2 Å². The van der Waals surface area contributed by atoms with Gasteiger partial charge in [0.2, 0.25) is 0 Å². The lowest BCUT2D eigenvalue weighted by Gasteiger charge is -2.35. The van der Waals surface area contributed by atoms with E-state index in [-0.39, 0.29) is 35.5 Å². The molecule has 6 nitrogen and oxygen atoms in total. The van der Waals surface area contributed by atoms with Gasteiger partial charge in [-0.15, -0.1) is 11.3 Å². The quantitative estimate of drug-likeness (QED) is 0.0418. The van der Waals surface area contributed by atoms with Crippen LogP contribution in [-0.4, -0.2) is 46.5 Å². The monoisotopic (exact) mass is 1020 g/mol. The fraction of sp³-hybridized carbons (Fsp3) is 0.727. The van der Waals surface area contributed by atoms with Gasteiger partial charge in [-0.2, -0.15) is 0 Å². The molecular weight excluding hydrogens is 917 g/mol. The van der Waals surface area contributed by atoms with Crippen LogP contribution in [0.3, 0.4) is 0 Å². The number of hydrogen-bond acceptors (Lipinski definition) is 5. The topological polar surface area (TPSA) is 74.8 Å². The van der Waals surface area contributed by atoms with E-state index in [9.17, 15) is 14.4 Å². The van der Waals surface area contributed by atoms with Gasteiger partial charge in [0, 0.05) is 51.0 Å². The summed E-state index contributed by atoms with van der Waals surface area (Å²) in [6, 6.07) is 9.51. The molecule has 408 valence electrons. The number of benzene rings is 2. The Bertz CT molecular complexity index is 2040. The Morgan fingerprint density at radius 2 is 0.671 bits per heavy atom. The largest absolute Gasteiger partial charge is 0.274 e. The number of rotatable bonds is 45. The van der Waals surface area contributed by atoms with E-state index >= 15 is 4.79 Å². The van der Waals surface area contributed by atoms with Gasteiger partial charge >= 0.3 is 0 Å². The number of imide groups is 2. The van der Waals surface area contributed by atoms with Crippen molar-refractivity contribution in [3.05, 3.63) is 58.0 Å². The van der Waals surface area contributed by atoms with Gasteiger partial charge < -0.3 is 0 Å². The maximum Gasteiger partial charge on any atom is 0.262 e. The van der Waals surface area contributed by atoms with Crippen LogP contribution in [0.25, 0.3) is 21.2 Å². The fourth-order valence-corrected chi connectivity index (χ4v) is 12.9. The predicted octanol–water partition coefficient (Wildman–Crippen LogP) is 20.7. The molecule has 2 aliphatic heterocycles. The summed E-state index contributed by atoms with van der Waals surface area (Å²) in [6.45, 7) is 9.90. The molecule has 2 aliphatic rings. The molecule has 0 saturated carbocycles. The zero-order chi connectivity index (χ0) is 51.9. The van der Waals surface area contributed by atoms with Crippen molar-refractivity contribution in [2.24, 2.45) is 11.8 Å². The summed E-state index contributed by atoms with van der Waals surface area (Å²) in [6.07, 6.45) is 49.9. The first-order chi connectivity index (χ1) is 35.9. The van der Waals surface area contributed by atoms with Gasteiger partial charge in [-0.1, -0.05) is 265 Å². The minimum Gasteiger partial charge on any atom is -0.274 e. The van der Waals surface area contributed by atoms with E-state index < -0.39 is 0 Å². The normalized spacial score (nSPS) is 14.4. The zero-order valence-corrected chi connectivity index (χ0v) is 48.1. The predicted molar refractivity (Wildman–Crippen MR) is 312 cm³/mol. The average molecular weight is 1020 g/mol. The molecule has 3 aromatic rings. The first-order valence-electron chi connectivity index (χ1n) is 31.3. The van der Waals surface area contributed by atoms with Crippen molar-refractivity contribution in [1.29, 1.82) is 0 Å². The molecule has 0 radical (unpaired) electrons. The molecule has 1 aromatic heterocycles. The van der Waals surface area contributed by atoms with Crippen molar-refractivity contribution in [3.8, 4) is 10.4 Å². The summed E-state index contributed by atoms with van der Waals surface area (Å²) in [7, 11) is 0. The number of unbranched alkanes of at least 4 members (excludes halogenated alkanes) is 32. The summed E-state index contributed by atoms with van der Waals surface area (Å²) in [5.74, 6) is -0.662. The molecule has 2 unspecified atom stereocenters. The summed E-state index contributed by atoms with van der Waals surface area (Å²) >= 11 is 1.55. The minimum absolute atomic E-state index is 0.234. The Hall–Kier alpha value is -3.32. The molecule has 0 bridgehead atoms. The second kappa shape index (κ2) is 35.8. The summed E-state index contributed by atoms with van der Waals surface area (Å²) in [5, 5.41) is 3.01. The van der Waals surface area contributed by atoms with Gasteiger partial charge in [-0.25, -0.2) is 0 Å². The molecular formula is C66H104N2O4S. The highest BCUT2D eigenvalue weighted by molar-refractivity contribution is 7.13. The molecule has 0 spiro atoms. The van der Waals surface area contributed by atoms with Crippen LogP contribution >= 0.6 is 11.3 Å². The van der Waals surface area contributed by atoms with Crippen molar-refractivity contribution in [2.75, 3.05) is 13.1 Å². The van der Waals surface area contributed by atoms with Crippen LogP contribution in [0.15, 0.2) is 35.7 Å². The fourth-order valence-electron chi connectivity index (χ4n) is 12.2. The number of carbonyl (C=O) groups excluding carboxylic acids is 4. The van der Waals surface area contributed by atoms with Crippen LogP contribution in [0.1, 0.15) is 326 Å². The Balaban J connectivity index is 1.33. The van der Waals surface area contributed by atoms with E-state index in [1.165, 1.54) is 210 Å². The number of carbonyl (C=O) groups is 4. The third kappa shape index (κ3) is 19.6. The van der Waals surface area contributed by atoms with Crippen molar-refractivity contribution in [3.63, 3.8) is 0 Å². The smallest absolute Gasteiger partial charge is 0.262 e. The van der Waals surface area contributed by atoms with Crippen LogP contribution in [0.5, 0.6) is 0 Å². The Morgan fingerprint density at radius 1 is 0.356 bits per heavy atom. The standard InChI is InChI=1S/C66H104N2O4S/c1-5-9-13-17-21-25-27-31-35-38-43-53(42-37-33-29-23-19-15-11-7-3)51-67-63(69)55-47-48-56-61-60(55)58(65(67)71)50-57(59-46-41-49-73-59)62(61)66(72)68(64(56)70)52-54(44-39-34-30-24-20-16-12-8-4)45-40-36-32-28-26-22-18-14-10-6-2/h41,46-50,53-54H,5-40,42-45,51-52H2,1-4H3. The lowest BCUT2D eigenvalue weighted by atomic mass is 9.82. The number of hydrogen-bond donors (Lipinski definition) is 0. The van der Waals surface area contributed by atoms with E-state index in [2.05, 4.69) is 27.7 Å². The molecule has 0 saturated heterocycles. The molecule has 73 heavy (non-hydrogen) atoms. The van der Waals surface area contributed by atoms with E-state index in [0.717, 1.165) is 56.2 Å². The molecule has 5 rings (SSSR count). The highest BCUT2D eigenvalue weighted by atomic mass is 32.1. The van der Waals surface area contributed by atoms with Gasteiger partial charge in [0.1, 0.15) is 0 Å². The molecule has 2 aromatic carbocycles. The third-order valence-electron chi connectivity index (χ3n) is 16.7. The van der Waals surface area contributed by atoms with Crippen LogP contribution in [0.2, 0.25) is 0 Å². The van der Waals surface area contributed by atoms with Crippen LogP contribution in [0.4, 0.5) is 0 Å². The molecule has 0 aliphatic carbocycles. The van der Waals surface area contributed by atoms with E-state index in [0.29, 0.717) is 51.7 Å². The molecule has 3 heterocycles. The first-order valence-corrected chi connectivity index (χ1v) is 32.1. The number of amides is 4. The van der Waals surface area contributed by atoms with E-state index in [1.54, 1.807) is 28.4 Å². The Kier molecular flexibility index (Phi) is 29.7. The summed E-state index contributed by atoms with van der Waals surface area (Å²) in [5.41, 5.74) is 2.52. The van der Waals surface area contributed by atoms with Gasteiger partial charge in [-0.05, 0) is 67.2 Å². The zero-order valence-electron chi connectivity index (χ0n) is 47.3. The highest BCUT2D eigenvalue weighted by Crippen LogP contribution is 2.44. The van der Waals surface area contributed by atoms with Crippen molar-refractivity contribution in [1.82, 2.24) is 9.80 Å². The maximum atomic E-state index is 15.2. The van der Waals surface area contributed by atoms with Gasteiger partial charge in [0.25, 0.3) is 23.6 Å². The summed E-state index contributed by atoms with van der Waals surface area (Å²) < 4.78 is 0. The molecule has 0 fully saturated rings. The van der Waals surface area contributed by atoms with Crippen molar-refractivity contribution in [2.45, 2.75) is 285 Å². The number of nitrogens with zero attached hydrogens (tertiary/aromatic N) is 2. The maximum absolute atomic E-state index is 15.2. The van der Waals surface area contributed by atoms with E-state index in [1.807, 2.05) is 23.6 Å². The van der Waals surface area contributed by atoms with Gasteiger partial charge in [-0.3, -0.25) is 29.0 Å². The van der Waals surface area contributed by atoms with Gasteiger partial charge in [0.05, 0.1) is 5.56 Å². The first kappa shape index (κ1) is 60.5. The number of thiophene rings is 1. The Labute approximate surface area is 450 Å². The van der Waals surface area contributed by atoms with E-state index in [4.69, 9.17) is 0 Å². The van der Waals surface area contributed by atoms with Crippen LogP contribution < -0.4 is 0 Å². The van der Waals surface area contributed by atoms with Gasteiger partial charge in [0.15, 0.2) is 0 Å². The molecule has 0 N–H and O–H groups in total. The SMILES string of the molecule is CCCCCCCCCCCCC(CCCCCCCCCC)CN1C(=O)c2ccc3c4c(c(-c5cccs5)cc(c24)C1=O)C(=O)N(CC(CCCCCCCCCC)CCCCCCCCCCCC)C3=O. The van der Waals surface area contributed by atoms with Crippen molar-refractivity contribution >= 4 is 45.7 Å². The highest BCUT2D eigenvalue weighted by Gasteiger charge is 2.42. The third-order valence-corrected chi connectivity index (χ3v) is 17.6. The van der Waals surface area contributed by atoms with Crippen LogP contribution in [0, 0.1) is 11.8 Å². The molecule has 7 heteroatoms. The average Bonchev–Trinajstić information content (AvgIpc) is 3.95. The van der Waals surface area contributed by atoms with Crippen LogP contribution in [-0.2, 0) is 0 Å². The second-order valence-corrected chi connectivity index (χ2v) is 23.8. The lowest BCUT2D eigenvalue weighted by Crippen LogP contribution is -2.46.